The fourth-order valence-electron chi connectivity index (χ4n) is 0.752. The van der Waals surface area contributed by atoms with Crippen molar-refractivity contribution >= 4 is 23.4 Å². The summed E-state index contributed by atoms with van der Waals surface area (Å²) in [7, 11) is 0. The summed E-state index contributed by atoms with van der Waals surface area (Å²) >= 11 is 4.81. The molecule has 0 saturated heterocycles. The van der Waals surface area contributed by atoms with Crippen LogP contribution in [0.25, 0.3) is 0 Å². The van der Waals surface area contributed by atoms with Crippen molar-refractivity contribution in [1.82, 2.24) is 0 Å². The van der Waals surface area contributed by atoms with E-state index in [9.17, 15) is 0 Å². The molecule has 15 heavy (non-hydrogen) atoms. The van der Waals surface area contributed by atoms with Crippen LogP contribution >= 0.6 is 12.2 Å². The topological polar surface area (TPSA) is 71.4 Å². The molecule has 0 fully saturated rings. The number of nitriles is 1. The average molecular weight is 225 g/mol. The van der Waals surface area contributed by atoms with Crippen LogP contribution in [0.3, 0.4) is 0 Å². The third-order valence-electron chi connectivity index (χ3n) is 1.87. The third-order valence-corrected chi connectivity index (χ3v) is 2.06. The molecular weight excluding hydrogens is 210 g/mol. The first-order chi connectivity index (χ1) is 7.02. The van der Waals surface area contributed by atoms with Gasteiger partial charge in [-0.05, 0) is 19.3 Å². The van der Waals surface area contributed by atoms with E-state index in [1.807, 2.05) is 6.92 Å². The van der Waals surface area contributed by atoms with Gasteiger partial charge >= 0.3 is 0 Å². The Morgan fingerprint density at radius 2 is 2.33 bits per heavy atom. The monoisotopic (exact) mass is 225 g/mol. The van der Waals surface area contributed by atoms with E-state index in [4.69, 9.17) is 23.2 Å². The van der Waals surface area contributed by atoms with E-state index < -0.39 is 0 Å². The van der Waals surface area contributed by atoms with Crippen molar-refractivity contribution in [2.45, 2.75) is 27.2 Å². The Kier molecular flexibility index (Phi) is 6.30. The Hall–Kier alpha value is -1.41. The summed E-state index contributed by atoms with van der Waals surface area (Å²) in [4.78, 5) is 4.25. The molecule has 0 bridgehead atoms. The van der Waals surface area contributed by atoms with E-state index in [0.29, 0.717) is 17.4 Å². The average Bonchev–Trinajstić information content (AvgIpc) is 2.17. The van der Waals surface area contributed by atoms with Gasteiger partial charge in [-0.3, -0.25) is 4.99 Å². The lowest BCUT2D eigenvalue weighted by Crippen LogP contribution is -2.13. The first kappa shape index (κ1) is 13.6. The molecule has 0 aliphatic carbocycles. The SMILES string of the molecule is CCC(C)C=N/C(C(N)=S)=C(\C)OC#N. The van der Waals surface area contributed by atoms with Crippen molar-refractivity contribution < 1.29 is 4.74 Å². The van der Waals surface area contributed by atoms with Gasteiger partial charge in [0, 0.05) is 6.21 Å². The molecule has 0 aliphatic heterocycles. The van der Waals surface area contributed by atoms with Crippen LogP contribution in [0, 0.1) is 17.4 Å². The van der Waals surface area contributed by atoms with E-state index >= 15 is 0 Å². The number of hydrogen-bond donors (Lipinski definition) is 1. The second-order valence-corrected chi connectivity index (χ2v) is 3.57. The minimum atomic E-state index is 0.127. The van der Waals surface area contributed by atoms with Crippen LogP contribution in [0.1, 0.15) is 27.2 Å². The van der Waals surface area contributed by atoms with Crippen molar-refractivity contribution in [2.75, 3.05) is 0 Å². The molecule has 1 atom stereocenters. The molecule has 0 aromatic carbocycles. The first-order valence-electron chi connectivity index (χ1n) is 4.63. The van der Waals surface area contributed by atoms with Crippen molar-refractivity contribution in [2.24, 2.45) is 16.6 Å². The molecule has 0 aromatic rings. The standard InChI is InChI=1S/C10H15N3OS/c1-4-7(2)5-13-9(10(12)15)8(3)14-6-11/h5,7H,4H2,1-3H3,(H2,12,15)/b9-8+,13-5?. The lowest BCUT2D eigenvalue weighted by atomic mass is 10.1. The van der Waals surface area contributed by atoms with Gasteiger partial charge in [0.1, 0.15) is 16.4 Å². The number of nitrogens with two attached hydrogens (primary N) is 1. The van der Waals surface area contributed by atoms with Crippen LogP contribution in [0.2, 0.25) is 0 Å². The Bertz CT molecular complexity index is 328. The van der Waals surface area contributed by atoms with E-state index in [0.717, 1.165) is 6.42 Å². The van der Waals surface area contributed by atoms with Crippen LogP contribution in [-0.4, -0.2) is 11.2 Å². The largest absolute Gasteiger partial charge is 0.390 e. The predicted molar refractivity (Wildman–Crippen MR) is 64.1 cm³/mol. The van der Waals surface area contributed by atoms with Crippen molar-refractivity contribution in [1.29, 1.82) is 5.26 Å². The summed E-state index contributed by atoms with van der Waals surface area (Å²) in [6, 6.07) is 0. The molecule has 0 spiro atoms. The van der Waals surface area contributed by atoms with Crippen LogP contribution in [-0.2, 0) is 4.74 Å². The summed E-state index contributed by atoms with van der Waals surface area (Å²) in [6.45, 7) is 5.69. The third kappa shape index (κ3) is 5.13. The highest BCUT2D eigenvalue weighted by molar-refractivity contribution is 7.80. The second-order valence-electron chi connectivity index (χ2n) is 3.13. The van der Waals surface area contributed by atoms with E-state index in [-0.39, 0.29) is 4.99 Å². The smallest absolute Gasteiger partial charge is 0.291 e. The number of aliphatic imine (C=N–C) groups is 1. The molecule has 0 aliphatic rings. The summed E-state index contributed by atoms with van der Waals surface area (Å²) in [5.74, 6) is 0.661. The Morgan fingerprint density at radius 3 is 2.73 bits per heavy atom. The number of nitrogens with zero attached hydrogens (tertiary/aromatic N) is 2. The number of thiocarbonyl (C=S) groups is 1. The zero-order valence-corrected chi connectivity index (χ0v) is 9.97. The van der Waals surface area contributed by atoms with Gasteiger partial charge in [-0.1, -0.05) is 26.1 Å². The van der Waals surface area contributed by atoms with Crippen LogP contribution < -0.4 is 5.73 Å². The molecule has 0 rings (SSSR count). The van der Waals surface area contributed by atoms with Gasteiger partial charge in [0.2, 0.25) is 0 Å². The van der Waals surface area contributed by atoms with Crippen molar-refractivity contribution in [3.8, 4) is 6.26 Å². The Balaban J connectivity index is 4.85. The molecule has 2 N–H and O–H groups in total. The minimum absolute atomic E-state index is 0.127. The molecule has 0 aromatic heterocycles. The zero-order valence-electron chi connectivity index (χ0n) is 9.15. The minimum Gasteiger partial charge on any atom is -0.390 e. The number of hydrogen-bond acceptors (Lipinski definition) is 4. The molecule has 0 amide bonds. The fourth-order valence-corrected chi connectivity index (χ4v) is 0.948. The van der Waals surface area contributed by atoms with Gasteiger partial charge in [0.15, 0.2) is 0 Å². The van der Waals surface area contributed by atoms with E-state index in [1.54, 1.807) is 19.4 Å². The molecular formula is C10H15N3OS. The molecule has 1 unspecified atom stereocenters. The number of ether oxygens (including phenoxy) is 1. The maximum Gasteiger partial charge on any atom is 0.291 e. The summed E-state index contributed by atoms with van der Waals surface area (Å²) < 4.78 is 4.64. The molecule has 4 nitrogen and oxygen atoms in total. The Morgan fingerprint density at radius 1 is 1.73 bits per heavy atom. The van der Waals surface area contributed by atoms with Gasteiger partial charge in [-0.15, -0.1) is 5.26 Å². The summed E-state index contributed by atoms with van der Waals surface area (Å²) in [5, 5.41) is 8.35. The van der Waals surface area contributed by atoms with Crippen LogP contribution in [0.4, 0.5) is 0 Å². The molecule has 82 valence electrons. The van der Waals surface area contributed by atoms with Gasteiger partial charge in [-0.25, -0.2) is 0 Å². The number of rotatable bonds is 5. The predicted octanol–water partition coefficient (Wildman–Crippen LogP) is 2.12. The molecule has 0 saturated carbocycles. The normalized spacial score (nSPS) is 14.3. The zero-order chi connectivity index (χ0) is 11.8. The Labute approximate surface area is 95.4 Å². The van der Waals surface area contributed by atoms with Crippen molar-refractivity contribution in [3.63, 3.8) is 0 Å². The van der Waals surface area contributed by atoms with Gasteiger partial charge in [0.25, 0.3) is 6.26 Å². The molecule has 5 heteroatoms. The van der Waals surface area contributed by atoms with Crippen LogP contribution in [0.15, 0.2) is 16.4 Å². The maximum atomic E-state index is 8.35. The fraction of sp³-hybridized carbons (Fsp3) is 0.500. The van der Waals surface area contributed by atoms with Crippen LogP contribution in [0.5, 0.6) is 0 Å². The molecule has 0 radical (unpaired) electrons. The summed E-state index contributed by atoms with van der Waals surface area (Å²) in [5.41, 5.74) is 5.82. The summed E-state index contributed by atoms with van der Waals surface area (Å²) in [6.07, 6.45) is 4.28. The lowest BCUT2D eigenvalue weighted by Gasteiger charge is -2.04. The number of allylic oxidation sites excluding steroid dienone is 1. The first-order valence-corrected chi connectivity index (χ1v) is 5.04. The quantitative estimate of drug-likeness (QED) is 0.256. The highest BCUT2D eigenvalue weighted by Crippen LogP contribution is 2.08. The van der Waals surface area contributed by atoms with Gasteiger partial charge in [0.05, 0.1) is 0 Å². The van der Waals surface area contributed by atoms with E-state index in [2.05, 4.69) is 16.7 Å². The lowest BCUT2D eigenvalue weighted by molar-refractivity contribution is 0.373. The van der Waals surface area contributed by atoms with Gasteiger partial charge < -0.3 is 10.5 Å². The van der Waals surface area contributed by atoms with Crippen molar-refractivity contribution in [3.05, 3.63) is 11.5 Å². The second kappa shape index (κ2) is 6.96. The van der Waals surface area contributed by atoms with Gasteiger partial charge in [-0.2, -0.15) is 0 Å². The highest BCUT2D eigenvalue weighted by Gasteiger charge is 2.06. The maximum absolute atomic E-state index is 8.35. The highest BCUT2D eigenvalue weighted by atomic mass is 32.1. The van der Waals surface area contributed by atoms with E-state index in [1.165, 1.54) is 0 Å². The molecule has 0 heterocycles.